The molecule has 0 saturated heterocycles. The van der Waals surface area contributed by atoms with Crippen LogP contribution in [0.3, 0.4) is 0 Å². The second-order valence-corrected chi connectivity index (χ2v) is 4.90. The first-order valence-corrected chi connectivity index (χ1v) is 6.96. The van der Waals surface area contributed by atoms with Crippen LogP contribution < -0.4 is 5.73 Å². The first-order valence-electron chi connectivity index (χ1n) is 6.96. The Morgan fingerprint density at radius 2 is 2.20 bits per heavy atom. The first kappa shape index (κ1) is 12.9. The molecule has 0 aliphatic rings. The van der Waals surface area contributed by atoms with E-state index in [0.717, 1.165) is 25.2 Å². The fraction of sp³-hybridized carbons (Fsp3) is 0.333. The summed E-state index contributed by atoms with van der Waals surface area (Å²) in [5.41, 5.74) is 9.16. The van der Waals surface area contributed by atoms with Gasteiger partial charge in [-0.2, -0.15) is 5.10 Å². The van der Waals surface area contributed by atoms with Crippen molar-refractivity contribution in [2.45, 2.75) is 26.4 Å². The summed E-state index contributed by atoms with van der Waals surface area (Å²) < 4.78 is 4.12. The molecule has 5 nitrogen and oxygen atoms in total. The lowest BCUT2D eigenvalue weighted by molar-refractivity contribution is 0.658. The zero-order valence-electron chi connectivity index (χ0n) is 11.7. The normalized spacial score (nSPS) is 11.3. The molecule has 0 aliphatic carbocycles. The van der Waals surface area contributed by atoms with Crippen molar-refractivity contribution in [1.29, 1.82) is 0 Å². The van der Waals surface area contributed by atoms with Crippen LogP contribution in [0.1, 0.15) is 18.1 Å². The third-order valence-corrected chi connectivity index (χ3v) is 3.49. The Hall–Kier alpha value is -2.14. The van der Waals surface area contributed by atoms with Crippen molar-refractivity contribution in [2.24, 2.45) is 5.73 Å². The van der Waals surface area contributed by atoms with Gasteiger partial charge in [0, 0.05) is 36.1 Å². The van der Waals surface area contributed by atoms with Crippen LogP contribution in [0.2, 0.25) is 0 Å². The molecule has 2 N–H and O–H groups in total. The number of hydrogen-bond acceptors (Lipinski definition) is 3. The van der Waals surface area contributed by atoms with Crippen molar-refractivity contribution in [1.82, 2.24) is 19.3 Å². The van der Waals surface area contributed by atoms with Crippen molar-refractivity contribution in [2.75, 3.05) is 6.54 Å². The Labute approximate surface area is 118 Å². The average molecular weight is 269 g/mol. The van der Waals surface area contributed by atoms with Crippen LogP contribution in [0.4, 0.5) is 0 Å². The van der Waals surface area contributed by atoms with Crippen LogP contribution in [0.5, 0.6) is 0 Å². The van der Waals surface area contributed by atoms with Crippen molar-refractivity contribution < 1.29 is 0 Å². The largest absolute Gasteiger partial charge is 0.330 e. The summed E-state index contributed by atoms with van der Waals surface area (Å²) in [6.07, 6.45) is 8.87. The Morgan fingerprint density at radius 3 is 2.95 bits per heavy atom. The lowest BCUT2D eigenvalue weighted by Crippen LogP contribution is -2.02. The molecule has 0 amide bonds. The van der Waals surface area contributed by atoms with Gasteiger partial charge in [-0.25, -0.2) is 4.98 Å². The minimum Gasteiger partial charge on any atom is -0.330 e. The number of fused-ring (bicyclic) bond motifs is 1. The van der Waals surface area contributed by atoms with E-state index in [1.807, 2.05) is 23.1 Å². The van der Waals surface area contributed by atoms with E-state index in [4.69, 9.17) is 5.73 Å². The topological polar surface area (TPSA) is 61.7 Å². The second-order valence-electron chi connectivity index (χ2n) is 4.90. The van der Waals surface area contributed by atoms with Crippen molar-refractivity contribution in [3.63, 3.8) is 0 Å². The fourth-order valence-corrected chi connectivity index (χ4v) is 2.53. The lowest BCUT2D eigenvalue weighted by Gasteiger charge is -2.01. The van der Waals surface area contributed by atoms with E-state index in [1.165, 1.54) is 16.5 Å². The van der Waals surface area contributed by atoms with Crippen molar-refractivity contribution >= 4 is 11.0 Å². The predicted octanol–water partition coefficient (Wildman–Crippen LogP) is 1.80. The number of nitrogens with zero attached hydrogens (tertiary/aromatic N) is 4. The molecular weight excluding hydrogens is 250 g/mol. The zero-order chi connectivity index (χ0) is 13.9. The van der Waals surface area contributed by atoms with Gasteiger partial charge in [0.25, 0.3) is 0 Å². The Bertz CT molecular complexity index is 710. The van der Waals surface area contributed by atoms with Crippen molar-refractivity contribution in [3.05, 3.63) is 48.0 Å². The first-order chi connectivity index (χ1) is 9.81. The molecule has 20 heavy (non-hydrogen) atoms. The van der Waals surface area contributed by atoms with Crippen LogP contribution in [0.25, 0.3) is 11.0 Å². The highest BCUT2D eigenvalue weighted by molar-refractivity contribution is 5.80. The Morgan fingerprint density at radius 1 is 1.30 bits per heavy atom. The molecule has 0 aliphatic heterocycles. The third-order valence-electron chi connectivity index (χ3n) is 3.49. The Kier molecular flexibility index (Phi) is 3.52. The van der Waals surface area contributed by atoms with E-state index in [-0.39, 0.29) is 0 Å². The minimum atomic E-state index is 0.655. The minimum absolute atomic E-state index is 0.655. The molecule has 3 heterocycles. The van der Waals surface area contributed by atoms with Gasteiger partial charge in [0.05, 0.1) is 12.7 Å². The van der Waals surface area contributed by atoms with Crippen LogP contribution in [0.15, 0.2) is 36.9 Å². The third kappa shape index (κ3) is 2.32. The van der Waals surface area contributed by atoms with Crippen LogP contribution in [-0.2, 0) is 19.5 Å². The summed E-state index contributed by atoms with van der Waals surface area (Å²) in [6, 6.07) is 4.08. The second kappa shape index (κ2) is 5.46. The predicted molar refractivity (Wildman–Crippen MR) is 79.5 cm³/mol. The number of rotatable bonds is 5. The van der Waals surface area contributed by atoms with Crippen LogP contribution in [-0.4, -0.2) is 25.9 Å². The summed E-state index contributed by atoms with van der Waals surface area (Å²) in [6.45, 7) is 4.42. The van der Waals surface area contributed by atoms with Gasteiger partial charge in [0.1, 0.15) is 5.65 Å². The molecular formula is C15H19N5. The van der Waals surface area contributed by atoms with E-state index < -0.39 is 0 Å². The highest BCUT2D eigenvalue weighted by Gasteiger charge is 2.09. The standard InChI is InChI=1S/C15H19N5/c1-2-20-10-12(8-18-20)9-19-11-13(5-6-16)14-4-3-7-17-15(14)19/h3-4,7-8,10-11H,2,5-6,9,16H2,1H3. The van der Waals surface area contributed by atoms with Crippen LogP contribution >= 0.6 is 0 Å². The molecule has 0 spiro atoms. The van der Waals surface area contributed by atoms with Gasteiger partial charge in [-0.05, 0) is 37.6 Å². The molecule has 0 aromatic carbocycles. The van der Waals surface area contributed by atoms with E-state index in [2.05, 4.69) is 40.0 Å². The summed E-state index contributed by atoms with van der Waals surface area (Å²) in [4.78, 5) is 4.50. The maximum atomic E-state index is 5.69. The SMILES string of the molecule is CCn1cc(Cn2cc(CCN)c3cccnc32)cn1. The van der Waals surface area contributed by atoms with Gasteiger partial charge in [-0.15, -0.1) is 0 Å². The van der Waals surface area contributed by atoms with Gasteiger partial charge in [0.2, 0.25) is 0 Å². The Balaban J connectivity index is 1.98. The molecule has 5 heteroatoms. The van der Waals surface area contributed by atoms with Crippen molar-refractivity contribution in [3.8, 4) is 0 Å². The summed E-state index contributed by atoms with van der Waals surface area (Å²) in [5.74, 6) is 0. The maximum absolute atomic E-state index is 5.69. The highest BCUT2D eigenvalue weighted by Crippen LogP contribution is 2.20. The smallest absolute Gasteiger partial charge is 0.140 e. The molecule has 3 aromatic heterocycles. The van der Waals surface area contributed by atoms with Crippen LogP contribution in [0, 0.1) is 0 Å². The molecule has 104 valence electrons. The fourth-order valence-electron chi connectivity index (χ4n) is 2.53. The van der Waals surface area contributed by atoms with E-state index in [9.17, 15) is 0 Å². The van der Waals surface area contributed by atoms with Gasteiger partial charge >= 0.3 is 0 Å². The number of hydrogen-bond donors (Lipinski definition) is 1. The van der Waals surface area contributed by atoms with E-state index >= 15 is 0 Å². The summed E-state index contributed by atoms with van der Waals surface area (Å²) in [5, 5.41) is 5.51. The van der Waals surface area contributed by atoms with Gasteiger partial charge in [-0.1, -0.05) is 0 Å². The molecule has 0 bridgehead atoms. The number of nitrogens with two attached hydrogens (primary N) is 1. The maximum Gasteiger partial charge on any atom is 0.140 e. The summed E-state index contributed by atoms with van der Waals surface area (Å²) >= 11 is 0. The summed E-state index contributed by atoms with van der Waals surface area (Å²) in [7, 11) is 0. The number of pyridine rings is 1. The number of aryl methyl sites for hydroxylation is 1. The molecule has 3 aromatic rings. The van der Waals surface area contributed by atoms with E-state index in [1.54, 1.807) is 0 Å². The molecule has 0 fully saturated rings. The number of aromatic nitrogens is 4. The quantitative estimate of drug-likeness (QED) is 0.768. The zero-order valence-corrected chi connectivity index (χ0v) is 11.7. The molecule has 0 radical (unpaired) electrons. The molecule has 0 saturated carbocycles. The molecule has 0 atom stereocenters. The average Bonchev–Trinajstić information content (AvgIpc) is 3.06. The molecule has 0 unspecified atom stereocenters. The van der Waals surface area contributed by atoms with Gasteiger partial charge in [-0.3, -0.25) is 4.68 Å². The monoisotopic (exact) mass is 269 g/mol. The van der Waals surface area contributed by atoms with E-state index in [0.29, 0.717) is 6.54 Å². The van der Waals surface area contributed by atoms with Gasteiger partial charge in [0.15, 0.2) is 0 Å². The molecule has 3 rings (SSSR count). The lowest BCUT2D eigenvalue weighted by atomic mass is 10.2. The van der Waals surface area contributed by atoms with Gasteiger partial charge < -0.3 is 10.3 Å². The highest BCUT2D eigenvalue weighted by atomic mass is 15.3.